The molecule has 2 heterocycles. The van der Waals surface area contributed by atoms with Gasteiger partial charge >= 0.3 is 0 Å². The fourth-order valence-corrected chi connectivity index (χ4v) is 6.98. The summed E-state index contributed by atoms with van der Waals surface area (Å²) in [6.07, 6.45) is 21.4. The zero-order valence-corrected chi connectivity index (χ0v) is 28.7. The third kappa shape index (κ3) is 8.93. The van der Waals surface area contributed by atoms with Gasteiger partial charge in [0.15, 0.2) is 0 Å². The van der Waals surface area contributed by atoms with Crippen LogP contribution in [-0.2, 0) is 20.8 Å². The molecule has 8 nitrogen and oxygen atoms in total. The molecular formula is C36H51N5O3S. The highest BCUT2D eigenvalue weighted by Crippen LogP contribution is 2.41. The predicted molar refractivity (Wildman–Crippen MR) is 183 cm³/mol. The average Bonchev–Trinajstić information content (AvgIpc) is 3.53. The van der Waals surface area contributed by atoms with E-state index in [1.165, 1.54) is 16.5 Å². The van der Waals surface area contributed by atoms with Crippen LogP contribution in [0, 0.1) is 5.41 Å². The molecule has 1 aromatic rings. The lowest BCUT2D eigenvalue weighted by molar-refractivity contribution is -0.158. The Morgan fingerprint density at radius 3 is 2.42 bits per heavy atom. The summed E-state index contributed by atoms with van der Waals surface area (Å²) in [6, 6.07) is 2.45. The van der Waals surface area contributed by atoms with Crippen LogP contribution in [0.15, 0.2) is 77.3 Å². The highest BCUT2D eigenvalue weighted by atomic mass is 32.1. The minimum Gasteiger partial charge on any atom is -0.331 e. The lowest BCUT2D eigenvalue weighted by Crippen LogP contribution is -2.58. The highest BCUT2D eigenvalue weighted by molar-refractivity contribution is 7.09. The Bertz CT molecular complexity index is 1360. The van der Waals surface area contributed by atoms with E-state index in [4.69, 9.17) is 5.73 Å². The summed E-state index contributed by atoms with van der Waals surface area (Å²) >= 11 is 1.58. The first-order valence-corrected chi connectivity index (χ1v) is 17.0. The topological polar surface area (TPSA) is 90.2 Å². The molecule has 0 spiro atoms. The molecule has 244 valence electrons. The quantitative estimate of drug-likeness (QED) is 0.317. The zero-order valence-electron chi connectivity index (χ0n) is 27.9. The van der Waals surface area contributed by atoms with Gasteiger partial charge in [-0.15, -0.1) is 11.3 Å². The monoisotopic (exact) mass is 633 g/mol. The van der Waals surface area contributed by atoms with Crippen LogP contribution in [0.25, 0.3) is 0 Å². The molecule has 1 aliphatic heterocycles. The maximum atomic E-state index is 14.6. The molecule has 0 saturated carbocycles. The van der Waals surface area contributed by atoms with Crippen molar-refractivity contribution < 1.29 is 14.4 Å². The van der Waals surface area contributed by atoms with E-state index in [0.717, 1.165) is 49.2 Å². The molecule has 0 aromatic carbocycles. The van der Waals surface area contributed by atoms with Crippen molar-refractivity contribution in [3.63, 3.8) is 0 Å². The first-order chi connectivity index (χ1) is 21.3. The number of piperidine rings is 1. The fourth-order valence-electron chi connectivity index (χ4n) is 6.24. The van der Waals surface area contributed by atoms with Crippen molar-refractivity contribution in [3.05, 3.63) is 82.1 Å². The summed E-state index contributed by atoms with van der Waals surface area (Å²) in [5, 5.41) is 5.79. The number of allylic oxidation sites excluding steroid dienone is 7. The number of nitrogens with two attached hydrogens (primary N) is 1. The Morgan fingerprint density at radius 1 is 1.04 bits per heavy atom. The molecule has 3 amide bonds. The fraction of sp³-hybridized carbons (Fsp3) is 0.528. The maximum Gasteiger partial charge on any atom is 0.259 e. The number of carbonyl (C=O) groups excluding carboxylic acids is 3. The molecule has 1 fully saturated rings. The van der Waals surface area contributed by atoms with E-state index >= 15 is 0 Å². The van der Waals surface area contributed by atoms with Crippen molar-refractivity contribution in [1.82, 2.24) is 19.8 Å². The second kappa shape index (κ2) is 14.9. The largest absolute Gasteiger partial charge is 0.331 e. The number of likely N-dealkylation sites (N-methyl/N-ethyl adjacent to an activating group) is 3. The number of thiophene rings is 1. The first kappa shape index (κ1) is 34.6. The normalized spacial score (nSPS) is 21.5. The molecule has 0 bridgehead atoms. The Kier molecular flexibility index (Phi) is 11.4. The predicted octanol–water partition coefficient (Wildman–Crippen LogP) is 5.27. The molecule has 2 N–H and O–H groups in total. The SMILES string of the molecule is CN(C(=O)/C=C/CC(C)(C)N)[C@H](CC1=CC2(C)CC=CC=C2C=C1)C(=O)N(C)[C@H](Cc1cccs1)C(=O)N(C)N1CCCCC1. The van der Waals surface area contributed by atoms with E-state index in [-0.39, 0.29) is 23.1 Å². The van der Waals surface area contributed by atoms with Crippen molar-refractivity contribution in [2.24, 2.45) is 11.1 Å². The van der Waals surface area contributed by atoms with Crippen molar-refractivity contribution in [2.75, 3.05) is 34.2 Å². The van der Waals surface area contributed by atoms with Gasteiger partial charge in [0.1, 0.15) is 12.1 Å². The minimum atomic E-state index is -0.805. The smallest absolute Gasteiger partial charge is 0.259 e. The number of rotatable bonds is 12. The van der Waals surface area contributed by atoms with Crippen LogP contribution >= 0.6 is 11.3 Å². The maximum absolute atomic E-state index is 14.6. The van der Waals surface area contributed by atoms with Crippen LogP contribution in [0.4, 0.5) is 0 Å². The molecule has 1 unspecified atom stereocenters. The minimum absolute atomic E-state index is 0.119. The summed E-state index contributed by atoms with van der Waals surface area (Å²) < 4.78 is 0. The molecule has 1 aromatic heterocycles. The molecule has 9 heteroatoms. The Balaban J connectivity index is 1.64. The number of nitrogens with zero attached hydrogens (tertiary/aromatic N) is 4. The third-order valence-corrected chi connectivity index (χ3v) is 10.1. The lowest BCUT2D eigenvalue weighted by atomic mass is 9.72. The van der Waals surface area contributed by atoms with E-state index in [0.29, 0.717) is 19.3 Å². The number of hydrogen-bond donors (Lipinski definition) is 1. The standard InChI is InChI=1S/C36H51N5O3S/c1-35(2,37)19-12-16-32(42)38(4)30(24-27-17-18-28-14-8-9-20-36(28,3)26-27)33(43)39(5)31(25-29-15-13-23-45-29)34(44)40(6)41-21-10-7-11-22-41/h8-9,12-18,23,26,30-31H,7,10-11,19-22,24-25,37H2,1-6H3/b16-12+/t30-,31-,36?/m1/s1. The zero-order chi connectivity index (χ0) is 32.8. The van der Waals surface area contributed by atoms with Crippen LogP contribution in [0.1, 0.15) is 64.2 Å². The first-order valence-electron chi connectivity index (χ1n) is 16.1. The number of amides is 3. The summed E-state index contributed by atoms with van der Waals surface area (Å²) in [6.45, 7) is 7.66. The average molecular weight is 634 g/mol. The van der Waals surface area contributed by atoms with Gasteiger partial charge in [-0.1, -0.05) is 61.9 Å². The molecule has 0 radical (unpaired) electrons. The molecule has 45 heavy (non-hydrogen) atoms. The van der Waals surface area contributed by atoms with Gasteiger partial charge in [0.25, 0.3) is 5.91 Å². The number of carbonyl (C=O) groups is 3. The molecule has 3 aliphatic rings. The highest BCUT2D eigenvalue weighted by Gasteiger charge is 2.38. The van der Waals surface area contributed by atoms with Crippen LogP contribution < -0.4 is 5.73 Å². The summed E-state index contributed by atoms with van der Waals surface area (Å²) in [4.78, 5) is 46.3. The van der Waals surface area contributed by atoms with E-state index in [2.05, 4.69) is 48.4 Å². The molecule has 2 aliphatic carbocycles. The van der Waals surface area contributed by atoms with Gasteiger partial charge in [-0.3, -0.25) is 19.4 Å². The summed E-state index contributed by atoms with van der Waals surface area (Å²) in [5.41, 5.74) is 7.74. The van der Waals surface area contributed by atoms with Crippen LogP contribution in [0.5, 0.6) is 0 Å². The van der Waals surface area contributed by atoms with Gasteiger partial charge in [0, 0.05) is 62.9 Å². The van der Waals surface area contributed by atoms with Crippen molar-refractivity contribution in [1.29, 1.82) is 0 Å². The third-order valence-electron chi connectivity index (χ3n) is 9.18. The Labute approximate surface area is 273 Å². The second-order valence-electron chi connectivity index (χ2n) is 13.6. The van der Waals surface area contributed by atoms with Crippen molar-refractivity contribution in [3.8, 4) is 0 Å². The van der Waals surface area contributed by atoms with Gasteiger partial charge in [0.05, 0.1) is 0 Å². The summed E-state index contributed by atoms with van der Waals surface area (Å²) in [7, 11) is 5.20. The number of fused-ring (bicyclic) bond motifs is 1. The van der Waals surface area contributed by atoms with E-state index in [1.807, 2.05) is 38.4 Å². The van der Waals surface area contributed by atoms with Crippen LogP contribution in [0.3, 0.4) is 0 Å². The van der Waals surface area contributed by atoms with E-state index in [9.17, 15) is 14.4 Å². The van der Waals surface area contributed by atoms with Gasteiger partial charge in [-0.2, -0.15) is 0 Å². The van der Waals surface area contributed by atoms with Gasteiger partial charge < -0.3 is 15.5 Å². The van der Waals surface area contributed by atoms with E-state index < -0.39 is 17.6 Å². The van der Waals surface area contributed by atoms with Gasteiger partial charge in [-0.05, 0) is 68.2 Å². The van der Waals surface area contributed by atoms with Crippen molar-refractivity contribution in [2.45, 2.75) is 83.3 Å². The van der Waals surface area contributed by atoms with Crippen LogP contribution in [0.2, 0.25) is 0 Å². The molecule has 4 rings (SSSR count). The molecule has 1 saturated heterocycles. The second-order valence-corrected chi connectivity index (χ2v) is 14.6. The van der Waals surface area contributed by atoms with Gasteiger partial charge in [0.2, 0.25) is 11.8 Å². The number of hydrazine groups is 1. The lowest BCUT2D eigenvalue weighted by Gasteiger charge is -2.40. The number of hydrogen-bond acceptors (Lipinski definition) is 6. The summed E-state index contributed by atoms with van der Waals surface area (Å²) in [5.74, 6) is -0.651. The Hall–Kier alpha value is -3.27. The van der Waals surface area contributed by atoms with E-state index in [1.54, 1.807) is 41.4 Å². The van der Waals surface area contributed by atoms with Gasteiger partial charge in [-0.25, -0.2) is 5.01 Å². The molecular weight excluding hydrogens is 582 g/mol. The van der Waals surface area contributed by atoms with Crippen LogP contribution in [-0.4, -0.2) is 89.4 Å². The molecule has 3 atom stereocenters. The van der Waals surface area contributed by atoms with Crippen molar-refractivity contribution >= 4 is 29.1 Å². The Morgan fingerprint density at radius 2 is 1.76 bits per heavy atom.